The van der Waals surface area contributed by atoms with Gasteiger partial charge in [0.2, 0.25) is 0 Å². The topological polar surface area (TPSA) is 78.4 Å². The molecule has 1 aliphatic heterocycles. The van der Waals surface area contributed by atoms with Crippen molar-refractivity contribution in [3.05, 3.63) is 119 Å². The number of allylic oxidation sites excluding steroid dienone is 3. The molecule has 1 atom stereocenters. The summed E-state index contributed by atoms with van der Waals surface area (Å²) in [5.41, 5.74) is 4.65. The van der Waals surface area contributed by atoms with E-state index in [0.29, 0.717) is 9.77 Å². The van der Waals surface area contributed by atoms with Gasteiger partial charge in [-0.15, -0.1) is 0 Å². The highest BCUT2D eigenvalue weighted by atomic mass is 35.7. The fourth-order valence-corrected chi connectivity index (χ4v) is 5.76. The third kappa shape index (κ3) is 4.79. The third-order valence-electron chi connectivity index (χ3n) is 4.61. The van der Waals surface area contributed by atoms with Crippen molar-refractivity contribution in [2.75, 3.05) is 0 Å². The van der Waals surface area contributed by atoms with Crippen molar-refractivity contribution in [1.29, 1.82) is 0 Å². The summed E-state index contributed by atoms with van der Waals surface area (Å²) in [7, 11) is -6.02. The van der Waals surface area contributed by atoms with Crippen LogP contribution in [-0.2, 0) is 3.74 Å². The van der Waals surface area contributed by atoms with Crippen LogP contribution in [0.15, 0.2) is 97.1 Å². The first-order valence-corrected chi connectivity index (χ1v) is 11.6. The lowest BCUT2D eigenvalue weighted by Crippen LogP contribution is -2.60. The molecule has 0 N–H and O–H groups in total. The van der Waals surface area contributed by atoms with Gasteiger partial charge in [0.05, 0.1) is 20.0 Å². The zero-order valence-electron chi connectivity index (χ0n) is 16.2. The van der Waals surface area contributed by atoms with E-state index < -0.39 is 21.0 Å². The summed E-state index contributed by atoms with van der Waals surface area (Å²) in [6, 6.07) is 26.9. The van der Waals surface area contributed by atoms with Crippen molar-refractivity contribution in [2.24, 2.45) is 0 Å². The standard InChI is InChI=1S/C24H19ClO4S/c1-18-12-14-19(15-13-18)22-16-23(20-8-4-2-5-9-20)30(29-25(26,27)28)24(17-22)21-10-6-3-7-11-21/h2-17H,1H3. The van der Waals surface area contributed by atoms with Crippen molar-refractivity contribution in [2.45, 2.75) is 6.92 Å². The lowest BCUT2D eigenvalue weighted by molar-refractivity contribution is -1.91. The summed E-state index contributed by atoms with van der Waals surface area (Å²) in [5.74, 6) is 0. The number of aryl methyl sites for hydroxylation is 1. The predicted molar refractivity (Wildman–Crippen MR) is 113 cm³/mol. The van der Waals surface area contributed by atoms with Gasteiger partial charge in [-0.25, -0.2) is 0 Å². The first kappa shape index (κ1) is 20.8. The van der Waals surface area contributed by atoms with Gasteiger partial charge in [-0.3, -0.25) is 0 Å². The van der Waals surface area contributed by atoms with Crippen LogP contribution in [0.1, 0.15) is 22.3 Å². The summed E-state index contributed by atoms with van der Waals surface area (Å²) in [4.78, 5) is 1.28. The van der Waals surface area contributed by atoms with Gasteiger partial charge >= 0.3 is 0 Å². The first-order valence-electron chi connectivity index (χ1n) is 9.24. The molecular formula is C24H19ClO4S. The highest BCUT2D eigenvalue weighted by molar-refractivity contribution is 8.20. The summed E-state index contributed by atoms with van der Waals surface area (Å²) < 4.78 is 39.8. The molecular weight excluding hydrogens is 420 g/mol. The van der Waals surface area contributed by atoms with Gasteiger partial charge < -0.3 is 0 Å². The van der Waals surface area contributed by atoms with Crippen molar-refractivity contribution in [1.82, 2.24) is 0 Å². The number of hydrogen-bond acceptors (Lipinski definition) is 4. The Kier molecular flexibility index (Phi) is 6.01. The van der Waals surface area contributed by atoms with E-state index in [1.165, 1.54) is 0 Å². The maximum absolute atomic E-state index is 11.6. The smallest absolute Gasteiger partial charge is 0.148 e. The molecule has 0 aliphatic carbocycles. The number of halogens is 1. The second kappa shape index (κ2) is 8.70. The summed E-state index contributed by atoms with van der Waals surface area (Å²) in [6.07, 6.45) is 3.80. The Hall–Kier alpha value is -2.51. The quantitative estimate of drug-likeness (QED) is 0.574. The molecule has 1 aliphatic rings. The molecule has 0 radical (unpaired) electrons. The Morgan fingerprint density at radius 2 is 1.23 bits per heavy atom. The van der Waals surface area contributed by atoms with E-state index in [0.717, 1.165) is 27.8 Å². The summed E-state index contributed by atoms with van der Waals surface area (Å²) >= 11 is 0. The molecule has 30 heavy (non-hydrogen) atoms. The highest BCUT2D eigenvalue weighted by Gasteiger charge is 2.31. The summed E-state index contributed by atoms with van der Waals surface area (Å²) in [5, 5.41) is 0. The minimum absolute atomic E-state index is 0.638. The van der Waals surface area contributed by atoms with Gasteiger partial charge in [0, 0.05) is 0 Å². The van der Waals surface area contributed by atoms with Crippen LogP contribution in [0.3, 0.4) is 0 Å². The average Bonchev–Trinajstić information content (AvgIpc) is 2.75. The van der Waals surface area contributed by atoms with E-state index in [1.54, 1.807) is 0 Å². The Morgan fingerprint density at radius 3 is 1.80 bits per heavy atom. The molecule has 0 saturated carbocycles. The zero-order valence-corrected chi connectivity index (χ0v) is 17.7. The fraction of sp³-hybridized carbons (Fsp3) is 0.0417. The molecule has 0 fully saturated rings. The van der Waals surface area contributed by atoms with Gasteiger partial charge in [-0.05, 0) is 41.3 Å². The molecule has 0 amide bonds. The second-order valence-electron chi connectivity index (χ2n) is 6.78. The van der Waals surface area contributed by atoms with Gasteiger partial charge in [0.15, 0.2) is 0 Å². The minimum Gasteiger partial charge on any atom is -0.182 e. The molecule has 3 aromatic carbocycles. The third-order valence-corrected chi connectivity index (χ3v) is 7.24. The Labute approximate surface area is 180 Å². The van der Waals surface area contributed by atoms with Gasteiger partial charge in [0.1, 0.15) is 14.5 Å². The summed E-state index contributed by atoms with van der Waals surface area (Å²) in [6.45, 7) is 2.02. The largest absolute Gasteiger partial charge is 0.182 e. The van der Waals surface area contributed by atoms with E-state index in [1.807, 2.05) is 104 Å². The van der Waals surface area contributed by atoms with Crippen LogP contribution in [-0.4, -0.2) is 4.86 Å². The Morgan fingerprint density at radius 1 is 0.667 bits per heavy atom. The van der Waals surface area contributed by atoms with Crippen LogP contribution in [0.25, 0.3) is 10.5 Å². The molecule has 4 nitrogen and oxygen atoms in total. The number of benzene rings is 3. The van der Waals surface area contributed by atoms with Gasteiger partial charge in [-0.1, -0.05) is 90.5 Å². The molecule has 1 unspecified atom stereocenters. The zero-order chi connectivity index (χ0) is 21.1. The molecule has 4 rings (SSSR count). The van der Waals surface area contributed by atoms with Crippen molar-refractivity contribution in [3.8, 4) is 0 Å². The molecule has 1 heterocycles. The van der Waals surface area contributed by atoms with Crippen LogP contribution < -0.4 is 14.0 Å². The molecule has 0 spiro atoms. The monoisotopic (exact) mass is 438 g/mol. The van der Waals surface area contributed by atoms with E-state index in [9.17, 15) is 14.0 Å². The average molecular weight is 439 g/mol. The normalized spacial score (nSPS) is 16.8. The molecule has 0 aromatic heterocycles. The van der Waals surface area contributed by atoms with E-state index in [-0.39, 0.29) is 0 Å². The fourth-order valence-electron chi connectivity index (χ4n) is 3.19. The van der Waals surface area contributed by atoms with Crippen LogP contribution in [0.2, 0.25) is 0 Å². The minimum atomic E-state index is -4.62. The van der Waals surface area contributed by atoms with Gasteiger partial charge in [0.25, 0.3) is 0 Å². The lowest BCUT2D eigenvalue weighted by Gasteiger charge is -2.22. The van der Waals surface area contributed by atoms with E-state index in [2.05, 4.69) is 0 Å². The first-order chi connectivity index (χ1) is 14.4. The predicted octanol–water partition coefficient (Wildman–Crippen LogP) is 2.75. The Balaban J connectivity index is 1.97. The van der Waals surface area contributed by atoms with Crippen molar-refractivity contribution >= 4 is 26.1 Å². The van der Waals surface area contributed by atoms with Crippen LogP contribution in [0.5, 0.6) is 0 Å². The van der Waals surface area contributed by atoms with E-state index >= 15 is 0 Å². The molecule has 6 heteroatoms. The maximum Gasteiger partial charge on any atom is 0.148 e. The van der Waals surface area contributed by atoms with Crippen LogP contribution in [0.4, 0.5) is 0 Å². The molecule has 152 valence electrons. The van der Waals surface area contributed by atoms with Crippen molar-refractivity contribution < 1.29 is 28.0 Å². The maximum atomic E-state index is 11.6. The highest BCUT2D eigenvalue weighted by Crippen LogP contribution is 2.44. The number of hydrogen-bond donors (Lipinski definition) is 0. The van der Waals surface area contributed by atoms with Crippen LogP contribution in [0, 0.1) is 17.2 Å². The van der Waals surface area contributed by atoms with Crippen LogP contribution >= 0.6 is 10.8 Å². The molecule has 3 aromatic rings. The van der Waals surface area contributed by atoms with Gasteiger partial charge in [-0.2, -0.15) is 14.0 Å². The van der Waals surface area contributed by atoms with E-state index in [4.69, 9.17) is 3.74 Å². The second-order valence-corrected chi connectivity index (χ2v) is 9.46. The SMILES string of the molecule is Cc1ccc(C2=CC(c3ccccc3)=S(O[Cl+3]([O-])([O-])[O-])C(c3ccccc3)=C2)cc1. The number of rotatable bonds is 5. The lowest BCUT2D eigenvalue weighted by atomic mass is 9.99. The Bertz CT molecular complexity index is 1130. The van der Waals surface area contributed by atoms with Crippen molar-refractivity contribution in [3.63, 3.8) is 0 Å². The molecule has 0 bridgehead atoms. The molecule has 0 saturated heterocycles.